The Morgan fingerprint density at radius 3 is 2.65 bits per heavy atom. The number of benzene rings is 3. The number of hydrogen-bond donors (Lipinski definition) is 0. The molecule has 0 saturated carbocycles. The van der Waals surface area contributed by atoms with Gasteiger partial charge in [0, 0.05) is 18.2 Å². The van der Waals surface area contributed by atoms with Gasteiger partial charge in [-0.15, -0.1) is 0 Å². The van der Waals surface area contributed by atoms with Crippen molar-refractivity contribution < 1.29 is 23.6 Å². The summed E-state index contributed by atoms with van der Waals surface area (Å²) in [5.74, 6) is 0.296. The van der Waals surface area contributed by atoms with Crippen molar-refractivity contribution in [3.63, 3.8) is 0 Å². The van der Waals surface area contributed by atoms with E-state index in [1.807, 2.05) is 0 Å². The number of para-hydroxylation sites is 1. The maximum Gasteiger partial charge on any atom is 0.336 e. The van der Waals surface area contributed by atoms with Gasteiger partial charge in [-0.25, -0.2) is 9.78 Å². The van der Waals surface area contributed by atoms with Crippen molar-refractivity contribution in [1.82, 2.24) is 9.66 Å². The lowest BCUT2D eigenvalue weighted by molar-refractivity contribution is -0.384. The minimum Gasteiger partial charge on any atom is -0.493 e. The maximum atomic E-state index is 13.2. The normalized spacial score (nSPS) is 11.3. The molecule has 0 aliphatic rings. The molecule has 11 nitrogen and oxygen atoms in total. The Balaban J connectivity index is 1.39. The molecule has 0 aliphatic heterocycles. The van der Waals surface area contributed by atoms with Crippen LogP contribution in [0.15, 0.2) is 106 Å². The lowest BCUT2D eigenvalue weighted by atomic mass is 10.2. The van der Waals surface area contributed by atoms with Crippen LogP contribution < -0.4 is 15.0 Å². The van der Waals surface area contributed by atoms with Gasteiger partial charge in [0.1, 0.15) is 0 Å². The molecule has 3 aromatic carbocycles. The Labute approximate surface area is 226 Å². The fourth-order valence-corrected chi connectivity index (χ4v) is 3.82. The third-order valence-corrected chi connectivity index (χ3v) is 5.71. The molecule has 0 unspecified atom stereocenters. The van der Waals surface area contributed by atoms with Gasteiger partial charge in [-0.3, -0.25) is 14.9 Å². The first-order valence-electron chi connectivity index (χ1n) is 11.9. The highest BCUT2D eigenvalue weighted by molar-refractivity contribution is 5.89. The minimum atomic E-state index is -0.705. The van der Waals surface area contributed by atoms with Crippen molar-refractivity contribution in [1.29, 1.82) is 0 Å². The highest BCUT2D eigenvalue weighted by Crippen LogP contribution is 2.28. The topological polar surface area (TPSA) is 139 Å². The van der Waals surface area contributed by atoms with E-state index < -0.39 is 10.9 Å². The zero-order chi connectivity index (χ0) is 28.1. The number of ether oxygens (including phenoxy) is 2. The summed E-state index contributed by atoms with van der Waals surface area (Å²) in [4.78, 5) is 40.6. The van der Waals surface area contributed by atoms with Crippen molar-refractivity contribution in [3.8, 4) is 23.1 Å². The SMILES string of the molecule is COc1cc(C=Nn2c(-c3ccco3)nc3ccccc3c2=O)ccc1OC(=O)/C=C/c1cccc([N+](=O)[O-])c1. The van der Waals surface area contributed by atoms with Crippen LogP contribution in [-0.4, -0.2) is 33.9 Å². The van der Waals surface area contributed by atoms with Crippen LogP contribution in [0, 0.1) is 10.1 Å². The molecule has 0 N–H and O–H groups in total. The predicted octanol–water partition coefficient (Wildman–Crippen LogP) is 5.07. The van der Waals surface area contributed by atoms with Gasteiger partial charge in [0.15, 0.2) is 17.3 Å². The zero-order valence-electron chi connectivity index (χ0n) is 21.0. The van der Waals surface area contributed by atoms with E-state index in [1.165, 1.54) is 49.9 Å². The lowest BCUT2D eigenvalue weighted by Crippen LogP contribution is -2.20. The first-order valence-corrected chi connectivity index (χ1v) is 11.9. The van der Waals surface area contributed by atoms with Crippen LogP contribution in [0.2, 0.25) is 0 Å². The Bertz CT molecular complexity index is 1840. The summed E-state index contributed by atoms with van der Waals surface area (Å²) in [6.07, 6.45) is 5.49. The molecule has 5 rings (SSSR count). The van der Waals surface area contributed by atoms with Crippen LogP contribution in [0.5, 0.6) is 11.5 Å². The summed E-state index contributed by atoms with van der Waals surface area (Å²) >= 11 is 0. The summed E-state index contributed by atoms with van der Waals surface area (Å²) in [6.45, 7) is 0. The van der Waals surface area contributed by atoms with E-state index >= 15 is 0 Å². The molecule has 198 valence electrons. The summed E-state index contributed by atoms with van der Waals surface area (Å²) in [6, 6.07) is 20.9. The number of hydrogen-bond acceptors (Lipinski definition) is 9. The van der Waals surface area contributed by atoms with E-state index in [9.17, 15) is 19.7 Å². The molecule has 0 amide bonds. The molecular formula is C29H20N4O7. The molecule has 2 aromatic heterocycles. The van der Waals surface area contributed by atoms with Crippen molar-refractivity contribution in [2.24, 2.45) is 5.10 Å². The molecule has 0 bridgehead atoms. The Morgan fingerprint density at radius 1 is 1.02 bits per heavy atom. The summed E-state index contributed by atoms with van der Waals surface area (Å²) < 4.78 is 17.4. The second kappa shape index (κ2) is 11.3. The zero-order valence-corrected chi connectivity index (χ0v) is 21.0. The van der Waals surface area contributed by atoms with Crippen LogP contribution in [-0.2, 0) is 4.79 Å². The number of rotatable bonds is 8. The molecule has 0 atom stereocenters. The first kappa shape index (κ1) is 25.8. The molecule has 5 aromatic rings. The van der Waals surface area contributed by atoms with E-state index in [-0.39, 0.29) is 28.6 Å². The van der Waals surface area contributed by atoms with Gasteiger partial charge in [-0.2, -0.15) is 9.78 Å². The Kier molecular flexibility index (Phi) is 7.27. The van der Waals surface area contributed by atoms with Crippen LogP contribution in [0.4, 0.5) is 5.69 Å². The van der Waals surface area contributed by atoms with E-state index in [0.717, 1.165) is 10.8 Å². The number of carbonyl (C=O) groups excluding carboxylic acids is 1. The Hall–Kier alpha value is -5.84. The van der Waals surface area contributed by atoms with Crippen LogP contribution in [0.1, 0.15) is 11.1 Å². The number of nitrogens with zero attached hydrogens (tertiary/aromatic N) is 4. The van der Waals surface area contributed by atoms with E-state index in [1.54, 1.807) is 54.6 Å². The molecule has 0 saturated heterocycles. The van der Waals surface area contributed by atoms with Gasteiger partial charge in [-0.1, -0.05) is 24.3 Å². The maximum absolute atomic E-state index is 13.2. The summed E-state index contributed by atoms with van der Waals surface area (Å²) in [7, 11) is 1.42. The van der Waals surface area contributed by atoms with Gasteiger partial charge < -0.3 is 13.9 Å². The van der Waals surface area contributed by atoms with Gasteiger partial charge in [0.05, 0.1) is 35.4 Å². The summed E-state index contributed by atoms with van der Waals surface area (Å²) in [5.41, 5.74) is 1.07. The third kappa shape index (κ3) is 5.53. The van der Waals surface area contributed by atoms with Gasteiger partial charge in [0.2, 0.25) is 5.82 Å². The fourth-order valence-electron chi connectivity index (χ4n) is 3.82. The smallest absolute Gasteiger partial charge is 0.336 e. The third-order valence-electron chi connectivity index (χ3n) is 5.71. The largest absolute Gasteiger partial charge is 0.493 e. The molecule has 0 fully saturated rings. The number of aromatic nitrogens is 2. The summed E-state index contributed by atoms with van der Waals surface area (Å²) in [5, 5.41) is 15.7. The van der Waals surface area contributed by atoms with Crippen molar-refractivity contribution in [2.75, 3.05) is 7.11 Å². The standard InChI is InChI=1S/C29H20N4O7/c1-38-26-17-20(11-13-24(26)40-27(34)14-12-19-6-4-7-21(16-19)33(36)37)18-30-32-28(25-10-5-15-39-25)31-23-9-3-2-8-22(23)29(32)35/h2-18H,1H3/b14-12+,30-18?. The van der Waals surface area contributed by atoms with Gasteiger partial charge in [-0.05, 0) is 59.7 Å². The number of carbonyl (C=O) groups is 1. The van der Waals surface area contributed by atoms with Crippen LogP contribution >= 0.6 is 0 Å². The van der Waals surface area contributed by atoms with E-state index in [0.29, 0.717) is 27.8 Å². The second-order valence-corrected chi connectivity index (χ2v) is 8.31. The number of furan rings is 1. The molecule has 11 heteroatoms. The quantitative estimate of drug-likeness (QED) is 0.0668. The monoisotopic (exact) mass is 536 g/mol. The minimum absolute atomic E-state index is 0.0903. The number of nitro groups is 1. The van der Waals surface area contributed by atoms with Gasteiger partial charge in [0.25, 0.3) is 11.2 Å². The van der Waals surface area contributed by atoms with Crippen molar-refractivity contribution >= 4 is 34.9 Å². The average Bonchev–Trinajstić information content (AvgIpc) is 3.51. The fraction of sp³-hybridized carbons (Fsp3) is 0.0345. The number of nitro benzene ring substituents is 1. The van der Waals surface area contributed by atoms with E-state index in [2.05, 4.69) is 10.1 Å². The number of methoxy groups -OCH3 is 1. The molecule has 0 aliphatic carbocycles. The number of non-ortho nitro benzene ring substituents is 1. The highest BCUT2D eigenvalue weighted by atomic mass is 16.6. The number of esters is 1. The second-order valence-electron chi connectivity index (χ2n) is 8.31. The predicted molar refractivity (Wildman–Crippen MR) is 147 cm³/mol. The number of fused-ring (bicyclic) bond motifs is 1. The molecule has 40 heavy (non-hydrogen) atoms. The average molecular weight is 537 g/mol. The molecule has 0 radical (unpaired) electrons. The van der Waals surface area contributed by atoms with Crippen LogP contribution in [0.3, 0.4) is 0 Å². The molecular weight excluding hydrogens is 516 g/mol. The van der Waals surface area contributed by atoms with Crippen LogP contribution in [0.25, 0.3) is 28.6 Å². The molecule has 2 heterocycles. The van der Waals surface area contributed by atoms with Gasteiger partial charge >= 0.3 is 5.97 Å². The first-order chi connectivity index (χ1) is 19.4. The van der Waals surface area contributed by atoms with Crippen molar-refractivity contribution in [3.05, 3.63) is 123 Å². The molecule has 0 spiro atoms. The van der Waals surface area contributed by atoms with Crippen molar-refractivity contribution in [2.45, 2.75) is 0 Å². The lowest BCUT2D eigenvalue weighted by Gasteiger charge is -2.09. The van der Waals surface area contributed by atoms with E-state index in [4.69, 9.17) is 13.9 Å². The Morgan fingerprint density at radius 2 is 1.88 bits per heavy atom. The highest BCUT2D eigenvalue weighted by Gasteiger charge is 2.15.